The highest BCUT2D eigenvalue weighted by Gasteiger charge is 2.20. The highest BCUT2D eigenvalue weighted by atomic mass is 32.2. The lowest BCUT2D eigenvalue weighted by Gasteiger charge is -2.11. The van der Waals surface area contributed by atoms with E-state index in [-0.39, 0.29) is 22.8 Å². The fraction of sp³-hybridized carbons (Fsp3) is 0.286. The van der Waals surface area contributed by atoms with Crippen molar-refractivity contribution in [2.75, 3.05) is 0 Å². The van der Waals surface area contributed by atoms with Crippen LogP contribution in [0.5, 0.6) is 0 Å². The molecule has 2 aromatic rings. The van der Waals surface area contributed by atoms with Crippen LogP contribution in [0.3, 0.4) is 0 Å². The lowest BCUT2D eigenvalue weighted by Crippen LogP contribution is -2.33. The van der Waals surface area contributed by atoms with E-state index in [0.29, 0.717) is 0 Å². The summed E-state index contributed by atoms with van der Waals surface area (Å²) in [6.45, 7) is 2.99. The van der Waals surface area contributed by atoms with Gasteiger partial charge in [-0.25, -0.2) is 22.2 Å². The van der Waals surface area contributed by atoms with Gasteiger partial charge in [0.25, 0.3) is 0 Å². The van der Waals surface area contributed by atoms with Gasteiger partial charge in [0.2, 0.25) is 10.0 Å². The predicted octanol–water partition coefficient (Wildman–Crippen LogP) is 1.66. The zero-order valence-electron chi connectivity index (χ0n) is 12.2. The quantitative estimate of drug-likeness (QED) is 0.876. The standard InChI is InChI=1S/C14H16FN3O3S/c1-10(7-11(2)19)17-22(20,21)12-8-16-18(9-12)14-6-4-3-5-13(14)15/h3-6,8-10,17H,7H2,1-2H3. The molecule has 8 heteroatoms. The van der Waals surface area contributed by atoms with E-state index >= 15 is 0 Å². The first-order valence-electron chi connectivity index (χ1n) is 6.61. The van der Waals surface area contributed by atoms with Gasteiger partial charge in [-0.15, -0.1) is 0 Å². The number of benzene rings is 1. The number of nitrogens with zero attached hydrogens (tertiary/aromatic N) is 2. The summed E-state index contributed by atoms with van der Waals surface area (Å²) in [6.07, 6.45) is 2.46. The van der Waals surface area contributed by atoms with E-state index in [0.717, 1.165) is 10.9 Å². The lowest BCUT2D eigenvalue weighted by atomic mass is 10.2. The molecule has 0 saturated heterocycles. The topological polar surface area (TPSA) is 81.1 Å². The molecule has 22 heavy (non-hydrogen) atoms. The Morgan fingerprint density at radius 2 is 2.09 bits per heavy atom. The van der Waals surface area contributed by atoms with E-state index in [9.17, 15) is 17.6 Å². The van der Waals surface area contributed by atoms with Crippen molar-refractivity contribution in [3.05, 3.63) is 42.5 Å². The summed E-state index contributed by atoms with van der Waals surface area (Å²) in [5, 5.41) is 3.87. The third kappa shape index (κ3) is 3.77. The van der Waals surface area contributed by atoms with Crippen molar-refractivity contribution in [1.29, 1.82) is 0 Å². The molecular formula is C14H16FN3O3S. The van der Waals surface area contributed by atoms with Crippen LogP contribution in [0.1, 0.15) is 20.3 Å². The molecule has 1 heterocycles. The number of halogens is 1. The summed E-state index contributed by atoms with van der Waals surface area (Å²) >= 11 is 0. The number of nitrogens with one attached hydrogen (secondary N) is 1. The summed E-state index contributed by atoms with van der Waals surface area (Å²) in [4.78, 5) is 10.9. The molecular weight excluding hydrogens is 309 g/mol. The van der Waals surface area contributed by atoms with Gasteiger partial charge in [0, 0.05) is 12.5 Å². The number of rotatable bonds is 6. The fourth-order valence-corrected chi connectivity index (χ4v) is 3.19. The first-order valence-corrected chi connectivity index (χ1v) is 8.09. The van der Waals surface area contributed by atoms with Gasteiger partial charge in [-0.2, -0.15) is 5.10 Å². The van der Waals surface area contributed by atoms with E-state index in [1.807, 2.05) is 0 Å². The minimum atomic E-state index is -3.81. The summed E-state index contributed by atoms with van der Waals surface area (Å²) in [6, 6.07) is 5.38. The molecule has 1 unspecified atom stereocenters. The Labute approximate surface area is 128 Å². The molecule has 1 N–H and O–H groups in total. The second-order valence-corrected chi connectivity index (χ2v) is 6.71. The van der Waals surface area contributed by atoms with Crippen LogP contribution in [0.4, 0.5) is 4.39 Å². The van der Waals surface area contributed by atoms with Crippen LogP contribution < -0.4 is 4.72 Å². The molecule has 0 aliphatic carbocycles. The van der Waals surface area contributed by atoms with E-state index < -0.39 is 21.9 Å². The first-order chi connectivity index (χ1) is 10.3. The van der Waals surface area contributed by atoms with Crippen molar-refractivity contribution >= 4 is 15.8 Å². The molecule has 0 spiro atoms. The third-order valence-electron chi connectivity index (χ3n) is 2.92. The van der Waals surface area contributed by atoms with Crippen LogP contribution >= 0.6 is 0 Å². The summed E-state index contributed by atoms with van der Waals surface area (Å²) in [5.41, 5.74) is 0.153. The fourth-order valence-electron chi connectivity index (χ4n) is 2.02. The second kappa shape index (κ2) is 6.37. The molecule has 0 aliphatic heterocycles. The van der Waals surface area contributed by atoms with Crippen LogP contribution in [0.2, 0.25) is 0 Å². The molecule has 1 aromatic carbocycles. The predicted molar refractivity (Wildman–Crippen MR) is 78.6 cm³/mol. The lowest BCUT2D eigenvalue weighted by molar-refractivity contribution is -0.117. The molecule has 0 aliphatic rings. The molecule has 0 bridgehead atoms. The van der Waals surface area contributed by atoms with Gasteiger partial charge >= 0.3 is 0 Å². The van der Waals surface area contributed by atoms with Crippen molar-refractivity contribution in [3.63, 3.8) is 0 Å². The number of ketones is 1. The monoisotopic (exact) mass is 325 g/mol. The van der Waals surface area contributed by atoms with Gasteiger partial charge in [-0.3, -0.25) is 4.79 Å². The van der Waals surface area contributed by atoms with Crippen molar-refractivity contribution in [3.8, 4) is 5.69 Å². The minimum Gasteiger partial charge on any atom is -0.300 e. The maximum absolute atomic E-state index is 13.7. The summed E-state index contributed by atoms with van der Waals surface area (Å²) in [7, 11) is -3.81. The maximum atomic E-state index is 13.7. The Kier molecular flexibility index (Phi) is 4.72. The van der Waals surface area contributed by atoms with Gasteiger partial charge in [0.1, 0.15) is 22.2 Å². The third-order valence-corrected chi connectivity index (χ3v) is 4.46. The number of hydrogen-bond donors (Lipinski definition) is 1. The van der Waals surface area contributed by atoms with Crippen molar-refractivity contribution in [1.82, 2.24) is 14.5 Å². The SMILES string of the molecule is CC(=O)CC(C)NS(=O)(=O)c1cnn(-c2ccccc2F)c1. The van der Waals surface area contributed by atoms with E-state index in [1.165, 1.54) is 31.3 Å². The summed E-state index contributed by atoms with van der Waals surface area (Å²) in [5.74, 6) is -0.621. The van der Waals surface area contributed by atoms with E-state index in [1.54, 1.807) is 13.0 Å². The number of hydrogen-bond acceptors (Lipinski definition) is 4. The van der Waals surface area contributed by atoms with Gasteiger partial charge < -0.3 is 0 Å². The number of carbonyl (C=O) groups excluding carboxylic acids is 1. The highest BCUT2D eigenvalue weighted by Crippen LogP contribution is 2.15. The summed E-state index contributed by atoms with van der Waals surface area (Å²) < 4.78 is 41.6. The second-order valence-electron chi connectivity index (χ2n) is 5.00. The Hall–Kier alpha value is -2.06. The molecule has 0 radical (unpaired) electrons. The van der Waals surface area contributed by atoms with Crippen LogP contribution in [-0.2, 0) is 14.8 Å². The maximum Gasteiger partial charge on any atom is 0.243 e. The van der Waals surface area contributed by atoms with Crippen molar-refractivity contribution in [2.45, 2.75) is 31.2 Å². The molecule has 1 aromatic heterocycles. The van der Waals surface area contributed by atoms with Gasteiger partial charge in [-0.05, 0) is 26.0 Å². The Morgan fingerprint density at radius 1 is 1.41 bits per heavy atom. The number of sulfonamides is 1. The number of Topliss-reactive ketones (excluding diaryl/α,β-unsaturated/α-hetero) is 1. The zero-order chi connectivity index (χ0) is 16.3. The molecule has 118 valence electrons. The van der Waals surface area contributed by atoms with Crippen LogP contribution in [0.15, 0.2) is 41.6 Å². The van der Waals surface area contributed by atoms with Gasteiger partial charge in [0.15, 0.2) is 0 Å². The van der Waals surface area contributed by atoms with Crippen LogP contribution in [0.25, 0.3) is 5.69 Å². The Morgan fingerprint density at radius 3 is 2.73 bits per heavy atom. The average molecular weight is 325 g/mol. The molecule has 6 nitrogen and oxygen atoms in total. The highest BCUT2D eigenvalue weighted by molar-refractivity contribution is 7.89. The van der Waals surface area contributed by atoms with Crippen LogP contribution in [0, 0.1) is 5.82 Å². The van der Waals surface area contributed by atoms with Gasteiger partial charge in [-0.1, -0.05) is 12.1 Å². The Bertz CT molecular complexity index is 786. The largest absolute Gasteiger partial charge is 0.300 e. The first kappa shape index (κ1) is 16.3. The van der Waals surface area contributed by atoms with Gasteiger partial charge in [0.05, 0.1) is 12.4 Å². The molecule has 1 atom stereocenters. The van der Waals surface area contributed by atoms with E-state index in [4.69, 9.17) is 0 Å². The number of aromatic nitrogens is 2. The van der Waals surface area contributed by atoms with E-state index in [2.05, 4.69) is 9.82 Å². The molecule has 2 rings (SSSR count). The van der Waals surface area contributed by atoms with Crippen molar-refractivity contribution < 1.29 is 17.6 Å². The zero-order valence-corrected chi connectivity index (χ0v) is 13.0. The Balaban J connectivity index is 2.24. The molecule has 0 amide bonds. The molecule has 0 fully saturated rings. The molecule has 0 saturated carbocycles. The smallest absolute Gasteiger partial charge is 0.243 e. The number of carbonyl (C=O) groups is 1. The number of para-hydroxylation sites is 1. The normalized spacial score (nSPS) is 13.0. The minimum absolute atomic E-state index is 0.0915. The average Bonchev–Trinajstić information content (AvgIpc) is 2.87. The van der Waals surface area contributed by atoms with Crippen LogP contribution in [-0.4, -0.2) is 30.0 Å². The van der Waals surface area contributed by atoms with Crippen molar-refractivity contribution in [2.24, 2.45) is 0 Å².